The predicted octanol–water partition coefficient (Wildman–Crippen LogP) is 3.04. The molecule has 19 heavy (non-hydrogen) atoms. The van der Waals surface area contributed by atoms with Crippen molar-refractivity contribution in [3.63, 3.8) is 0 Å². The molecule has 0 aliphatic heterocycles. The lowest BCUT2D eigenvalue weighted by molar-refractivity contribution is 0.170. The van der Waals surface area contributed by atoms with E-state index in [0.29, 0.717) is 5.41 Å². The Hall–Kier alpha value is -0.930. The fourth-order valence-corrected chi connectivity index (χ4v) is 3.42. The van der Waals surface area contributed by atoms with Gasteiger partial charge in [-0.1, -0.05) is 25.0 Å². The summed E-state index contributed by atoms with van der Waals surface area (Å²) in [6.45, 7) is 3.11. The van der Waals surface area contributed by atoms with E-state index in [0.717, 1.165) is 19.6 Å². The van der Waals surface area contributed by atoms with Crippen LogP contribution < -0.4 is 5.32 Å². The summed E-state index contributed by atoms with van der Waals surface area (Å²) in [7, 11) is 4.21. The van der Waals surface area contributed by atoms with Crippen molar-refractivity contribution in [1.82, 2.24) is 10.2 Å². The molecule has 0 saturated heterocycles. The molecule has 0 heterocycles. The zero-order valence-corrected chi connectivity index (χ0v) is 12.1. The van der Waals surface area contributed by atoms with E-state index < -0.39 is 0 Å². The molecule has 0 unspecified atom stereocenters. The van der Waals surface area contributed by atoms with Crippen LogP contribution in [0.1, 0.15) is 31.2 Å². The molecule has 1 fully saturated rings. The lowest BCUT2D eigenvalue weighted by Crippen LogP contribution is -2.40. The van der Waals surface area contributed by atoms with E-state index >= 15 is 0 Å². The normalized spacial score (nSPS) is 18.1. The number of halogens is 1. The number of nitrogens with zero attached hydrogens (tertiary/aromatic N) is 1. The average Bonchev–Trinajstić information content (AvgIpc) is 2.81. The van der Waals surface area contributed by atoms with Gasteiger partial charge in [0.15, 0.2) is 0 Å². The minimum Gasteiger partial charge on any atom is -0.319 e. The first-order chi connectivity index (χ1) is 9.13. The highest BCUT2D eigenvalue weighted by Gasteiger charge is 2.34. The number of nitrogens with one attached hydrogen (secondary N) is 1. The summed E-state index contributed by atoms with van der Waals surface area (Å²) in [5.74, 6) is -0.158. The summed E-state index contributed by atoms with van der Waals surface area (Å²) >= 11 is 0. The number of rotatable bonds is 6. The molecule has 1 aromatic carbocycles. The van der Waals surface area contributed by atoms with E-state index in [9.17, 15) is 4.39 Å². The second-order valence-corrected chi connectivity index (χ2v) is 6.04. The smallest absolute Gasteiger partial charge is 0.123 e. The van der Waals surface area contributed by atoms with Crippen LogP contribution in [-0.4, -0.2) is 32.1 Å². The van der Waals surface area contributed by atoms with Gasteiger partial charge in [-0.2, -0.15) is 0 Å². The molecule has 0 bridgehead atoms. The van der Waals surface area contributed by atoms with Crippen LogP contribution in [0.3, 0.4) is 0 Å². The molecule has 0 radical (unpaired) electrons. The molecular formula is C16H25FN2. The minimum atomic E-state index is -0.158. The molecule has 1 saturated carbocycles. The van der Waals surface area contributed by atoms with Crippen molar-refractivity contribution >= 4 is 0 Å². The maximum atomic E-state index is 12.9. The molecule has 0 atom stereocenters. The molecule has 0 spiro atoms. The molecule has 1 aliphatic carbocycles. The van der Waals surface area contributed by atoms with E-state index in [4.69, 9.17) is 0 Å². The summed E-state index contributed by atoms with van der Waals surface area (Å²) in [6.07, 6.45) is 5.35. The lowest BCUT2D eigenvalue weighted by Gasteiger charge is -2.33. The highest BCUT2D eigenvalue weighted by atomic mass is 19.1. The summed E-state index contributed by atoms with van der Waals surface area (Å²) in [6, 6.07) is 6.85. The Morgan fingerprint density at radius 3 is 2.42 bits per heavy atom. The fourth-order valence-electron chi connectivity index (χ4n) is 3.42. The highest BCUT2D eigenvalue weighted by Crippen LogP contribution is 2.38. The molecule has 1 aliphatic rings. The Morgan fingerprint density at radius 2 is 1.84 bits per heavy atom. The van der Waals surface area contributed by atoms with E-state index in [1.54, 1.807) is 12.1 Å². The molecular weight excluding hydrogens is 239 g/mol. The molecule has 1 N–H and O–H groups in total. The van der Waals surface area contributed by atoms with Crippen LogP contribution >= 0.6 is 0 Å². The van der Waals surface area contributed by atoms with Gasteiger partial charge in [0.2, 0.25) is 0 Å². The van der Waals surface area contributed by atoms with Crippen molar-refractivity contribution in [3.8, 4) is 0 Å². The largest absolute Gasteiger partial charge is 0.319 e. The van der Waals surface area contributed by atoms with Crippen LogP contribution in [0.5, 0.6) is 0 Å². The Morgan fingerprint density at radius 1 is 1.21 bits per heavy atom. The average molecular weight is 264 g/mol. The third-order valence-electron chi connectivity index (χ3n) is 4.19. The molecule has 0 aromatic heterocycles. The molecule has 2 rings (SSSR count). The Bertz CT molecular complexity index is 382. The van der Waals surface area contributed by atoms with E-state index in [-0.39, 0.29) is 5.82 Å². The topological polar surface area (TPSA) is 15.3 Å². The Labute approximate surface area is 116 Å². The van der Waals surface area contributed by atoms with Gasteiger partial charge in [0.1, 0.15) is 5.82 Å². The van der Waals surface area contributed by atoms with Gasteiger partial charge in [0.25, 0.3) is 0 Å². The Kier molecular flexibility index (Phi) is 4.94. The predicted molar refractivity (Wildman–Crippen MR) is 77.6 cm³/mol. The van der Waals surface area contributed by atoms with Crippen molar-refractivity contribution in [2.75, 3.05) is 27.2 Å². The molecule has 106 valence electrons. The number of benzene rings is 1. The maximum Gasteiger partial charge on any atom is 0.123 e. The molecule has 1 aromatic rings. The van der Waals surface area contributed by atoms with E-state index in [1.165, 1.54) is 31.2 Å². The van der Waals surface area contributed by atoms with Gasteiger partial charge in [-0.15, -0.1) is 0 Å². The second-order valence-electron chi connectivity index (χ2n) is 6.04. The van der Waals surface area contributed by atoms with Crippen LogP contribution in [0.4, 0.5) is 4.39 Å². The quantitative estimate of drug-likeness (QED) is 0.849. The number of hydrogen-bond donors (Lipinski definition) is 1. The zero-order valence-electron chi connectivity index (χ0n) is 12.1. The zero-order chi connectivity index (χ0) is 13.7. The van der Waals surface area contributed by atoms with Crippen LogP contribution in [-0.2, 0) is 6.54 Å². The lowest BCUT2D eigenvalue weighted by atomic mass is 9.85. The fraction of sp³-hybridized carbons (Fsp3) is 0.625. The van der Waals surface area contributed by atoms with Crippen molar-refractivity contribution in [3.05, 3.63) is 35.6 Å². The van der Waals surface area contributed by atoms with Gasteiger partial charge in [0, 0.05) is 19.6 Å². The second kappa shape index (κ2) is 6.49. The van der Waals surface area contributed by atoms with Crippen LogP contribution in [0.15, 0.2) is 24.3 Å². The Balaban J connectivity index is 1.92. The van der Waals surface area contributed by atoms with Crippen molar-refractivity contribution < 1.29 is 4.39 Å². The van der Waals surface area contributed by atoms with Crippen LogP contribution in [0.2, 0.25) is 0 Å². The first-order valence-corrected chi connectivity index (χ1v) is 7.21. The van der Waals surface area contributed by atoms with Crippen molar-refractivity contribution in [2.45, 2.75) is 32.2 Å². The first kappa shape index (κ1) is 14.5. The van der Waals surface area contributed by atoms with Gasteiger partial charge in [0.05, 0.1) is 0 Å². The van der Waals surface area contributed by atoms with Crippen molar-refractivity contribution in [2.24, 2.45) is 5.41 Å². The van der Waals surface area contributed by atoms with Crippen molar-refractivity contribution in [1.29, 1.82) is 0 Å². The van der Waals surface area contributed by atoms with Gasteiger partial charge in [-0.05, 0) is 50.0 Å². The highest BCUT2D eigenvalue weighted by molar-refractivity contribution is 5.15. The maximum absolute atomic E-state index is 12.9. The SMILES string of the molecule is CNCC1(CN(C)Cc2ccc(F)cc2)CCCC1. The number of hydrogen-bond acceptors (Lipinski definition) is 2. The molecule has 3 heteroatoms. The summed E-state index contributed by atoms with van der Waals surface area (Å²) in [5.41, 5.74) is 1.62. The monoisotopic (exact) mass is 264 g/mol. The standard InChI is InChI=1S/C16H25FN2/c1-18-12-16(9-3-4-10-16)13-19(2)11-14-5-7-15(17)8-6-14/h5-8,18H,3-4,9-13H2,1-2H3. The molecule has 0 amide bonds. The summed E-state index contributed by atoms with van der Waals surface area (Å²) in [5, 5.41) is 3.35. The molecule has 2 nitrogen and oxygen atoms in total. The van der Waals surface area contributed by atoms with Gasteiger partial charge >= 0.3 is 0 Å². The van der Waals surface area contributed by atoms with Gasteiger partial charge < -0.3 is 10.2 Å². The third-order valence-corrected chi connectivity index (χ3v) is 4.19. The van der Waals surface area contributed by atoms with Gasteiger partial charge in [-0.25, -0.2) is 4.39 Å². The van der Waals surface area contributed by atoms with E-state index in [2.05, 4.69) is 17.3 Å². The minimum absolute atomic E-state index is 0.158. The summed E-state index contributed by atoms with van der Waals surface area (Å²) in [4.78, 5) is 2.37. The van der Waals surface area contributed by atoms with E-state index in [1.807, 2.05) is 19.2 Å². The van der Waals surface area contributed by atoms with Crippen LogP contribution in [0, 0.1) is 11.2 Å². The first-order valence-electron chi connectivity index (χ1n) is 7.21. The summed E-state index contributed by atoms with van der Waals surface area (Å²) < 4.78 is 12.9. The van der Waals surface area contributed by atoms with Gasteiger partial charge in [-0.3, -0.25) is 0 Å². The third kappa shape index (κ3) is 4.02. The van der Waals surface area contributed by atoms with Crippen LogP contribution in [0.25, 0.3) is 0 Å².